The fraction of sp³-hybridized carbons (Fsp3) is 0.944. The third kappa shape index (κ3) is 63.5. The molecule has 0 aliphatic carbocycles. The van der Waals surface area contributed by atoms with Crippen LogP contribution in [0.3, 0.4) is 0 Å². The zero-order valence-electron chi connectivity index (χ0n) is 58.4. The fourth-order valence-electron chi connectivity index (χ4n) is 10.7. The number of ether oxygens (including phenoxy) is 4. The molecular weight excluding hydrogens is 1190 g/mol. The van der Waals surface area contributed by atoms with E-state index < -0.39 is 97.5 Å². The van der Waals surface area contributed by atoms with Crippen LogP contribution in [-0.4, -0.2) is 96.7 Å². The quantitative estimate of drug-likeness (QED) is 0.0222. The van der Waals surface area contributed by atoms with Gasteiger partial charge < -0.3 is 33.8 Å². The van der Waals surface area contributed by atoms with Gasteiger partial charge in [0.1, 0.15) is 19.3 Å². The maximum Gasteiger partial charge on any atom is 0.472 e. The van der Waals surface area contributed by atoms with Crippen molar-refractivity contribution in [2.75, 3.05) is 39.6 Å². The largest absolute Gasteiger partial charge is 0.472 e. The molecule has 0 saturated heterocycles. The minimum absolute atomic E-state index is 0.106. The first-order chi connectivity index (χ1) is 43.4. The number of carbonyl (C=O) groups is 4. The van der Waals surface area contributed by atoms with E-state index in [1.54, 1.807) is 0 Å². The van der Waals surface area contributed by atoms with Crippen molar-refractivity contribution in [2.24, 2.45) is 11.8 Å². The number of hydrogen-bond donors (Lipinski definition) is 3. The van der Waals surface area contributed by atoms with Crippen molar-refractivity contribution in [3.05, 3.63) is 0 Å². The molecule has 3 unspecified atom stereocenters. The lowest BCUT2D eigenvalue weighted by atomic mass is 9.99. The first-order valence-electron chi connectivity index (χ1n) is 37.0. The molecule has 17 nitrogen and oxygen atoms in total. The predicted octanol–water partition coefficient (Wildman–Crippen LogP) is 20.4. The van der Waals surface area contributed by atoms with Crippen molar-refractivity contribution in [2.45, 2.75) is 381 Å². The summed E-state index contributed by atoms with van der Waals surface area (Å²) in [5, 5.41) is 10.6. The summed E-state index contributed by atoms with van der Waals surface area (Å²) in [6.45, 7) is 9.57. The Morgan fingerprint density at radius 3 is 0.844 bits per heavy atom. The van der Waals surface area contributed by atoms with Crippen LogP contribution in [0.15, 0.2) is 0 Å². The average Bonchev–Trinajstić information content (AvgIpc) is 2.87. The van der Waals surface area contributed by atoms with E-state index in [0.29, 0.717) is 25.7 Å². The summed E-state index contributed by atoms with van der Waals surface area (Å²) < 4.78 is 68.3. The van der Waals surface area contributed by atoms with Gasteiger partial charge in [-0.2, -0.15) is 0 Å². The summed E-state index contributed by atoms with van der Waals surface area (Å²) in [5.41, 5.74) is 0. The zero-order chi connectivity index (χ0) is 66.5. The molecule has 0 aliphatic heterocycles. The Balaban J connectivity index is 5.23. The molecular formula is C71H138O17P2. The highest BCUT2D eigenvalue weighted by atomic mass is 31.2. The highest BCUT2D eigenvalue weighted by Gasteiger charge is 2.30. The molecule has 0 rings (SSSR count). The molecule has 0 saturated carbocycles. The SMILES string of the molecule is CCCCCCCCCCCCCCCCC(=O)O[C@H](COC(=O)CCCCCCCCCC)COP(=O)(O)OC[C@H](O)COP(=O)(O)OC[C@@H](COC(=O)CCCCCCCCCCCCC(C)CC)OC(=O)CCCCCCCCCCCCCC(C)C. The van der Waals surface area contributed by atoms with E-state index >= 15 is 0 Å². The molecule has 0 bridgehead atoms. The molecule has 3 N–H and O–H groups in total. The average molecular weight is 1330 g/mol. The summed E-state index contributed by atoms with van der Waals surface area (Å²) in [5.74, 6) is -0.549. The summed E-state index contributed by atoms with van der Waals surface area (Å²) in [6, 6.07) is 0. The third-order valence-corrected chi connectivity index (χ3v) is 18.7. The molecule has 0 fully saturated rings. The number of carbonyl (C=O) groups excluding carboxylic acids is 4. The first kappa shape index (κ1) is 88.1. The first-order valence-corrected chi connectivity index (χ1v) is 40.0. The van der Waals surface area contributed by atoms with Crippen LogP contribution < -0.4 is 0 Å². The lowest BCUT2D eigenvalue weighted by Crippen LogP contribution is -2.30. The van der Waals surface area contributed by atoms with Gasteiger partial charge in [0, 0.05) is 25.7 Å². The van der Waals surface area contributed by atoms with Gasteiger partial charge in [0.25, 0.3) is 0 Å². The molecule has 0 spiro atoms. The molecule has 0 radical (unpaired) electrons. The van der Waals surface area contributed by atoms with E-state index in [4.69, 9.17) is 37.0 Å². The third-order valence-electron chi connectivity index (χ3n) is 16.8. The van der Waals surface area contributed by atoms with Gasteiger partial charge in [0.05, 0.1) is 26.4 Å². The lowest BCUT2D eigenvalue weighted by molar-refractivity contribution is -0.161. The van der Waals surface area contributed by atoms with Crippen molar-refractivity contribution in [3.8, 4) is 0 Å². The minimum atomic E-state index is -4.95. The Morgan fingerprint density at radius 2 is 0.567 bits per heavy atom. The molecule has 0 aromatic carbocycles. The standard InChI is InChI=1S/C71H138O17P2/c1-7-10-12-14-16-18-19-20-21-24-31-37-43-49-55-70(75)87-66(59-81-68(73)53-47-41-35-17-15-13-11-8-2)61-85-89(77,78)83-57-65(72)58-84-90(79,80)86-62-67(88-71(76)56-50-44-38-32-25-22-23-28-33-39-45-51-63(4)5)60-82-69(74)54-48-42-36-30-27-26-29-34-40-46-52-64(6)9-3/h63-67,72H,7-62H2,1-6H3,(H,77,78)(H,79,80)/t64?,65-,66+,67+/m0/s1. The van der Waals surface area contributed by atoms with Crippen molar-refractivity contribution in [3.63, 3.8) is 0 Å². The molecule has 0 aliphatic rings. The number of esters is 4. The summed E-state index contributed by atoms with van der Waals surface area (Å²) >= 11 is 0. The monoisotopic (exact) mass is 1320 g/mol. The Morgan fingerprint density at radius 1 is 0.322 bits per heavy atom. The molecule has 6 atom stereocenters. The number of aliphatic hydroxyl groups is 1. The van der Waals surface area contributed by atoms with Gasteiger partial charge in [-0.05, 0) is 37.5 Å². The second kappa shape index (κ2) is 63.1. The van der Waals surface area contributed by atoms with Crippen LogP contribution in [0.2, 0.25) is 0 Å². The van der Waals surface area contributed by atoms with E-state index in [-0.39, 0.29) is 25.7 Å². The van der Waals surface area contributed by atoms with E-state index in [9.17, 15) is 43.2 Å². The summed E-state index contributed by atoms with van der Waals surface area (Å²) in [4.78, 5) is 72.5. The maximum absolute atomic E-state index is 13.0. The fourth-order valence-corrected chi connectivity index (χ4v) is 12.3. The normalized spacial score (nSPS) is 14.4. The van der Waals surface area contributed by atoms with Gasteiger partial charge in [-0.25, -0.2) is 9.13 Å². The van der Waals surface area contributed by atoms with E-state index in [2.05, 4.69) is 41.5 Å². The van der Waals surface area contributed by atoms with Crippen LogP contribution in [0, 0.1) is 11.8 Å². The van der Waals surface area contributed by atoms with Crippen LogP contribution in [0.1, 0.15) is 363 Å². The van der Waals surface area contributed by atoms with Crippen LogP contribution in [0.5, 0.6) is 0 Å². The van der Waals surface area contributed by atoms with Crippen LogP contribution in [0.4, 0.5) is 0 Å². The number of hydrogen-bond acceptors (Lipinski definition) is 15. The number of aliphatic hydroxyl groups excluding tert-OH is 1. The van der Waals surface area contributed by atoms with Crippen molar-refractivity contribution >= 4 is 39.5 Å². The lowest BCUT2D eigenvalue weighted by Gasteiger charge is -2.21. The van der Waals surface area contributed by atoms with E-state index in [0.717, 1.165) is 108 Å². The zero-order valence-corrected chi connectivity index (χ0v) is 60.2. The topological polar surface area (TPSA) is 237 Å². The van der Waals surface area contributed by atoms with Gasteiger partial charge >= 0.3 is 39.5 Å². The van der Waals surface area contributed by atoms with Crippen molar-refractivity contribution < 1.29 is 80.2 Å². The second-order valence-corrected chi connectivity index (χ2v) is 29.3. The number of phosphoric ester groups is 2. The van der Waals surface area contributed by atoms with E-state index in [1.165, 1.54) is 173 Å². The molecule has 19 heteroatoms. The van der Waals surface area contributed by atoms with Gasteiger partial charge in [-0.15, -0.1) is 0 Å². The number of rotatable bonds is 70. The molecule has 0 amide bonds. The summed E-state index contributed by atoms with van der Waals surface area (Å²) in [6.07, 6.45) is 48.4. The van der Waals surface area contributed by atoms with Crippen LogP contribution in [0.25, 0.3) is 0 Å². The van der Waals surface area contributed by atoms with Gasteiger partial charge in [-0.1, -0.05) is 311 Å². The van der Waals surface area contributed by atoms with Gasteiger partial charge in [0.2, 0.25) is 0 Å². The number of phosphoric acid groups is 2. The Hall–Kier alpha value is -1.94. The van der Waals surface area contributed by atoms with Crippen LogP contribution >= 0.6 is 15.6 Å². The summed E-state index contributed by atoms with van der Waals surface area (Å²) in [7, 11) is -9.90. The van der Waals surface area contributed by atoms with Crippen molar-refractivity contribution in [1.82, 2.24) is 0 Å². The molecule has 0 aromatic rings. The molecule has 0 aromatic heterocycles. The Kier molecular flexibility index (Phi) is 61.8. The van der Waals surface area contributed by atoms with Gasteiger partial charge in [-0.3, -0.25) is 37.3 Å². The molecule has 534 valence electrons. The molecule has 0 heterocycles. The van der Waals surface area contributed by atoms with E-state index in [1.807, 2.05) is 0 Å². The second-order valence-electron chi connectivity index (χ2n) is 26.3. The number of unbranched alkanes of at least 4 members (excludes halogenated alkanes) is 39. The Labute approximate surface area is 549 Å². The smallest absolute Gasteiger partial charge is 0.462 e. The Bertz CT molecular complexity index is 1750. The highest BCUT2D eigenvalue weighted by molar-refractivity contribution is 7.47. The van der Waals surface area contributed by atoms with Gasteiger partial charge in [0.15, 0.2) is 12.2 Å². The predicted molar refractivity (Wildman–Crippen MR) is 363 cm³/mol. The highest BCUT2D eigenvalue weighted by Crippen LogP contribution is 2.45. The minimum Gasteiger partial charge on any atom is -0.462 e. The molecule has 90 heavy (non-hydrogen) atoms. The maximum atomic E-state index is 13.0. The van der Waals surface area contributed by atoms with Crippen LogP contribution in [-0.2, 0) is 65.4 Å². The van der Waals surface area contributed by atoms with Crippen molar-refractivity contribution in [1.29, 1.82) is 0 Å².